The monoisotopic (exact) mass is 182 g/mol. The van der Waals surface area contributed by atoms with Crippen LogP contribution in [0.1, 0.15) is 66.2 Å². The minimum absolute atomic E-state index is 0.848. The van der Waals surface area contributed by atoms with Crippen LogP contribution in [0.2, 0.25) is 0 Å². The SMILES string of the molecule is CCCCC(=CCCC(C)C)CC. The summed E-state index contributed by atoms with van der Waals surface area (Å²) in [5.74, 6) is 0.848. The van der Waals surface area contributed by atoms with Crippen molar-refractivity contribution in [2.45, 2.75) is 66.2 Å². The topological polar surface area (TPSA) is 0 Å². The highest BCUT2D eigenvalue weighted by Crippen LogP contribution is 2.14. The summed E-state index contributed by atoms with van der Waals surface area (Å²) in [5, 5.41) is 0. The molecule has 0 heteroatoms. The second-order valence-corrected chi connectivity index (χ2v) is 4.29. The zero-order valence-corrected chi connectivity index (χ0v) is 9.90. The van der Waals surface area contributed by atoms with Crippen LogP contribution in [0.4, 0.5) is 0 Å². The van der Waals surface area contributed by atoms with Crippen molar-refractivity contribution in [1.82, 2.24) is 0 Å². The van der Waals surface area contributed by atoms with Crippen LogP contribution in [0, 0.1) is 5.92 Å². The lowest BCUT2D eigenvalue weighted by Gasteiger charge is -2.05. The number of rotatable bonds is 7. The minimum Gasteiger partial charge on any atom is -0.0853 e. The molecule has 0 spiro atoms. The predicted molar refractivity (Wildman–Crippen MR) is 62.0 cm³/mol. The van der Waals surface area contributed by atoms with Crippen molar-refractivity contribution < 1.29 is 0 Å². The molecule has 0 saturated carbocycles. The molecule has 0 atom stereocenters. The highest BCUT2D eigenvalue weighted by Gasteiger charge is 1.95. The molecule has 13 heavy (non-hydrogen) atoms. The average molecular weight is 182 g/mol. The highest BCUT2D eigenvalue weighted by molar-refractivity contribution is 5.00. The summed E-state index contributed by atoms with van der Waals surface area (Å²) in [5.41, 5.74) is 1.67. The summed E-state index contributed by atoms with van der Waals surface area (Å²) in [4.78, 5) is 0. The van der Waals surface area contributed by atoms with Crippen LogP contribution < -0.4 is 0 Å². The van der Waals surface area contributed by atoms with Gasteiger partial charge in [-0.25, -0.2) is 0 Å². The molecule has 0 N–H and O–H groups in total. The van der Waals surface area contributed by atoms with E-state index in [1.165, 1.54) is 38.5 Å². The van der Waals surface area contributed by atoms with E-state index in [1.807, 2.05) is 0 Å². The smallest absolute Gasteiger partial charge is 0.0321 e. The van der Waals surface area contributed by atoms with Crippen LogP contribution in [0.25, 0.3) is 0 Å². The van der Waals surface area contributed by atoms with Gasteiger partial charge >= 0.3 is 0 Å². The molecule has 0 saturated heterocycles. The van der Waals surface area contributed by atoms with Gasteiger partial charge in [0, 0.05) is 0 Å². The fourth-order valence-electron chi connectivity index (χ4n) is 1.45. The molecule has 0 aromatic heterocycles. The van der Waals surface area contributed by atoms with Gasteiger partial charge in [0.15, 0.2) is 0 Å². The third-order valence-electron chi connectivity index (χ3n) is 2.48. The Hall–Kier alpha value is -0.260. The second-order valence-electron chi connectivity index (χ2n) is 4.29. The van der Waals surface area contributed by atoms with E-state index in [0.29, 0.717) is 0 Å². The van der Waals surface area contributed by atoms with Gasteiger partial charge in [0.1, 0.15) is 0 Å². The van der Waals surface area contributed by atoms with E-state index in [-0.39, 0.29) is 0 Å². The minimum atomic E-state index is 0.848. The molecule has 0 nitrogen and oxygen atoms in total. The number of unbranched alkanes of at least 4 members (excludes halogenated alkanes) is 1. The Bertz CT molecular complexity index is 131. The van der Waals surface area contributed by atoms with Crippen molar-refractivity contribution in [3.8, 4) is 0 Å². The average Bonchev–Trinajstić information content (AvgIpc) is 2.10. The summed E-state index contributed by atoms with van der Waals surface area (Å²) in [7, 11) is 0. The van der Waals surface area contributed by atoms with Crippen molar-refractivity contribution in [3.05, 3.63) is 11.6 Å². The molecule has 78 valence electrons. The van der Waals surface area contributed by atoms with Crippen molar-refractivity contribution in [2.75, 3.05) is 0 Å². The molecular formula is C13H26. The van der Waals surface area contributed by atoms with Crippen molar-refractivity contribution in [2.24, 2.45) is 5.92 Å². The normalized spacial score (nSPS) is 12.5. The number of hydrogen-bond donors (Lipinski definition) is 0. The zero-order chi connectivity index (χ0) is 10.1. The van der Waals surface area contributed by atoms with E-state index >= 15 is 0 Å². The molecule has 0 fully saturated rings. The van der Waals surface area contributed by atoms with Crippen LogP contribution in [0.5, 0.6) is 0 Å². The summed E-state index contributed by atoms with van der Waals surface area (Å²) in [6, 6.07) is 0. The van der Waals surface area contributed by atoms with E-state index in [1.54, 1.807) is 5.57 Å². The van der Waals surface area contributed by atoms with Gasteiger partial charge < -0.3 is 0 Å². The Kier molecular flexibility index (Phi) is 8.18. The molecule has 0 aliphatic rings. The van der Waals surface area contributed by atoms with Crippen LogP contribution in [-0.4, -0.2) is 0 Å². The highest BCUT2D eigenvalue weighted by atomic mass is 14.0. The Morgan fingerprint density at radius 1 is 1.23 bits per heavy atom. The maximum Gasteiger partial charge on any atom is -0.0321 e. The van der Waals surface area contributed by atoms with E-state index in [9.17, 15) is 0 Å². The van der Waals surface area contributed by atoms with Crippen LogP contribution in [-0.2, 0) is 0 Å². The molecule has 0 rings (SSSR count). The molecular weight excluding hydrogens is 156 g/mol. The van der Waals surface area contributed by atoms with Gasteiger partial charge in [-0.15, -0.1) is 0 Å². The molecule has 0 amide bonds. The second kappa shape index (κ2) is 8.34. The number of allylic oxidation sites excluding steroid dienone is 2. The van der Waals surface area contributed by atoms with Crippen molar-refractivity contribution in [3.63, 3.8) is 0 Å². The van der Waals surface area contributed by atoms with E-state index in [0.717, 1.165) is 5.92 Å². The largest absolute Gasteiger partial charge is 0.0853 e. The maximum absolute atomic E-state index is 2.47. The fraction of sp³-hybridized carbons (Fsp3) is 0.846. The van der Waals surface area contributed by atoms with E-state index in [2.05, 4.69) is 33.8 Å². The zero-order valence-electron chi connectivity index (χ0n) is 9.90. The van der Waals surface area contributed by atoms with Crippen LogP contribution >= 0.6 is 0 Å². The van der Waals surface area contributed by atoms with Gasteiger partial charge in [-0.2, -0.15) is 0 Å². The van der Waals surface area contributed by atoms with Gasteiger partial charge in [0.25, 0.3) is 0 Å². The maximum atomic E-state index is 2.47. The Balaban J connectivity index is 3.64. The Labute approximate surface area is 84.4 Å². The first-order chi connectivity index (χ1) is 6.20. The first-order valence-corrected chi connectivity index (χ1v) is 5.88. The van der Waals surface area contributed by atoms with Gasteiger partial charge in [-0.3, -0.25) is 0 Å². The van der Waals surface area contributed by atoms with Crippen molar-refractivity contribution >= 4 is 0 Å². The van der Waals surface area contributed by atoms with Gasteiger partial charge in [0.05, 0.1) is 0 Å². The molecule has 0 aliphatic heterocycles. The summed E-state index contributed by atoms with van der Waals surface area (Å²) in [6.45, 7) is 9.13. The quantitative estimate of drug-likeness (QED) is 0.489. The molecule has 0 radical (unpaired) electrons. The summed E-state index contributed by atoms with van der Waals surface area (Å²) in [6.07, 6.45) is 10.3. The fourth-order valence-corrected chi connectivity index (χ4v) is 1.45. The third-order valence-corrected chi connectivity index (χ3v) is 2.48. The van der Waals surface area contributed by atoms with Crippen molar-refractivity contribution in [1.29, 1.82) is 0 Å². The van der Waals surface area contributed by atoms with Gasteiger partial charge in [-0.1, -0.05) is 45.8 Å². The third kappa shape index (κ3) is 8.08. The molecule has 0 heterocycles. The first kappa shape index (κ1) is 12.7. The lowest BCUT2D eigenvalue weighted by atomic mass is 10.0. The standard InChI is InChI=1S/C13H26/c1-5-7-10-13(6-2)11-8-9-12(3)4/h11-12H,5-10H2,1-4H3. The lowest BCUT2D eigenvalue weighted by molar-refractivity contribution is 0.591. The number of hydrogen-bond acceptors (Lipinski definition) is 0. The Morgan fingerprint density at radius 2 is 1.92 bits per heavy atom. The van der Waals surface area contributed by atoms with Crippen LogP contribution in [0.3, 0.4) is 0 Å². The van der Waals surface area contributed by atoms with E-state index < -0.39 is 0 Å². The van der Waals surface area contributed by atoms with Gasteiger partial charge in [-0.05, 0) is 38.0 Å². The van der Waals surface area contributed by atoms with E-state index in [4.69, 9.17) is 0 Å². The molecule has 0 aromatic carbocycles. The molecule has 0 unspecified atom stereocenters. The predicted octanol–water partition coefficient (Wildman–Crippen LogP) is 4.95. The summed E-state index contributed by atoms with van der Waals surface area (Å²) >= 11 is 0. The molecule has 0 aromatic rings. The lowest BCUT2D eigenvalue weighted by Crippen LogP contribution is -1.87. The molecule has 0 bridgehead atoms. The van der Waals surface area contributed by atoms with Crippen LogP contribution in [0.15, 0.2) is 11.6 Å². The molecule has 0 aliphatic carbocycles. The Morgan fingerprint density at radius 3 is 2.38 bits per heavy atom. The summed E-state index contributed by atoms with van der Waals surface area (Å²) < 4.78 is 0. The van der Waals surface area contributed by atoms with Gasteiger partial charge in [0.2, 0.25) is 0 Å². The first-order valence-electron chi connectivity index (χ1n) is 5.88.